The summed E-state index contributed by atoms with van der Waals surface area (Å²) in [6, 6.07) is 0. The summed E-state index contributed by atoms with van der Waals surface area (Å²) >= 11 is 0. The van der Waals surface area contributed by atoms with E-state index in [-0.39, 0.29) is 0 Å². The van der Waals surface area contributed by atoms with Gasteiger partial charge >= 0.3 is 23.9 Å². The molecule has 140 valence electrons. The van der Waals surface area contributed by atoms with Crippen LogP contribution in [0.4, 0.5) is 0 Å². The van der Waals surface area contributed by atoms with Crippen LogP contribution in [0, 0.1) is 17.8 Å². The first-order chi connectivity index (χ1) is 10.7. The van der Waals surface area contributed by atoms with Gasteiger partial charge in [0.25, 0.3) is 0 Å². The van der Waals surface area contributed by atoms with Crippen LogP contribution in [0.3, 0.4) is 0 Å². The fourth-order valence-corrected chi connectivity index (χ4v) is 1.70. The Bertz CT molecular complexity index is 470. The summed E-state index contributed by atoms with van der Waals surface area (Å²) in [5, 5.41) is 52.0. The molecule has 0 spiro atoms. The second kappa shape index (κ2) is 9.83. The Hall–Kier alpha value is -2.20. The van der Waals surface area contributed by atoms with E-state index < -0.39 is 59.8 Å². The van der Waals surface area contributed by atoms with Gasteiger partial charge in [-0.25, -0.2) is 9.59 Å². The van der Waals surface area contributed by atoms with Gasteiger partial charge in [-0.05, 0) is 11.8 Å². The Morgan fingerprint density at radius 2 is 1.29 bits per heavy atom. The number of aliphatic hydroxyl groups excluding tert-OH is 1. The predicted octanol–water partition coefficient (Wildman–Crippen LogP) is -0.278. The molecule has 0 aromatic heterocycles. The minimum absolute atomic E-state index is 0.409. The number of hydrogen-bond donors (Lipinski definition) is 6. The molecule has 0 fully saturated rings. The Balaban J connectivity index is 0. The summed E-state index contributed by atoms with van der Waals surface area (Å²) in [7, 11) is 0. The fourth-order valence-electron chi connectivity index (χ4n) is 1.70. The fraction of sp³-hybridized carbons (Fsp3) is 0.714. The van der Waals surface area contributed by atoms with Crippen molar-refractivity contribution in [1.82, 2.24) is 0 Å². The number of carboxylic acids is 4. The van der Waals surface area contributed by atoms with Crippen molar-refractivity contribution < 1.29 is 49.8 Å². The van der Waals surface area contributed by atoms with E-state index in [1.807, 2.05) is 0 Å². The zero-order valence-corrected chi connectivity index (χ0v) is 13.8. The smallest absolute Gasteiger partial charge is 0.336 e. The lowest BCUT2D eigenvalue weighted by atomic mass is 9.87. The van der Waals surface area contributed by atoms with Crippen molar-refractivity contribution in [3.8, 4) is 0 Å². The number of aliphatic carboxylic acids is 4. The normalized spacial score (nSPS) is 15.7. The molecule has 0 aromatic rings. The molecular formula is C14H24O10. The molecule has 0 heterocycles. The van der Waals surface area contributed by atoms with E-state index in [1.165, 1.54) is 13.8 Å². The number of carbonyl (C=O) groups is 4. The van der Waals surface area contributed by atoms with E-state index in [0.29, 0.717) is 0 Å². The predicted molar refractivity (Wildman–Crippen MR) is 79.3 cm³/mol. The molecule has 24 heavy (non-hydrogen) atoms. The molecule has 3 atom stereocenters. The molecule has 0 aliphatic carbocycles. The molecule has 0 saturated heterocycles. The SMILES string of the molecule is CC(C)C(C(=O)O)C(O)C(=O)O.CC(C)[C@@](O)(CC(=O)O)C(=O)O. The van der Waals surface area contributed by atoms with Gasteiger partial charge in [0.2, 0.25) is 0 Å². The highest BCUT2D eigenvalue weighted by molar-refractivity contribution is 5.84. The van der Waals surface area contributed by atoms with Gasteiger partial charge in [-0.15, -0.1) is 0 Å². The van der Waals surface area contributed by atoms with Crippen molar-refractivity contribution in [1.29, 1.82) is 0 Å². The summed E-state index contributed by atoms with van der Waals surface area (Å²) in [6.07, 6.45) is -2.61. The number of hydrogen-bond acceptors (Lipinski definition) is 6. The summed E-state index contributed by atoms with van der Waals surface area (Å²) in [5.74, 6) is -7.91. The van der Waals surface area contributed by atoms with Crippen molar-refractivity contribution in [2.45, 2.75) is 45.8 Å². The second-order valence-corrected chi connectivity index (χ2v) is 5.85. The van der Waals surface area contributed by atoms with Crippen LogP contribution in [-0.2, 0) is 19.2 Å². The first kappa shape index (κ1) is 24.1. The van der Waals surface area contributed by atoms with Gasteiger partial charge in [-0.2, -0.15) is 0 Å². The molecule has 6 N–H and O–H groups in total. The van der Waals surface area contributed by atoms with Crippen molar-refractivity contribution in [3.05, 3.63) is 0 Å². The van der Waals surface area contributed by atoms with Crippen molar-refractivity contribution in [3.63, 3.8) is 0 Å². The van der Waals surface area contributed by atoms with Crippen molar-refractivity contribution in [2.75, 3.05) is 0 Å². The van der Waals surface area contributed by atoms with Gasteiger partial charge in [-0.1, -0.05) is 27.7 Å². The largest absolute Gasteiger partial charge is 0.481 e. The third kappa shape index (κ3) is 7.38. The topological polar surface area (TPSA) is 190 Å². The highest BCUT2D eigenvalue weighted by Gasteiger charge is 2.41. The highest BCUT2D eigenvalue weighted by Crippen LogP contribution is 2.21. The number of carboxylic acid groups (broad SMARTS) is 4. The highest BCUT2D eigenvalue weighted by atomic mass is 16.4. The van der Waals surface area contributed by atoms with Crippen molar-refractivity contribution in [2.24, 2.45) is 17.8 Å². The first-order valence-corrected chi connectivity index (χ1v) is 6.99. The Morgan fingerprint density at radius 3 is 1.38 bits per heavy atom. The van der Waals surface area contributed by atoms with Gasteiger partial charge in [0, 0.05) is 0 Å². The minimum atomic E-state index is -2.16. The van der Waals surface area contributed by atoms with E-state index in [2.05, 4.69) is 0 Å². The third-order valence-electron chi connectivity index (χ3n) is 3.34. The van der Waals surface area contributed by atoms with Crippen LogP contribution < -0.4 is 0 Å². The van der Waals surface area contributed by atoms with E-state index in [4.69, 9.17) is 25.5 Å². The standard InChI is InChI=1S/2C7H12O5/c1-4(2)7(12,6(10)11)3-5(8)9;1-3(2)4(6(9)10)5(8)7(11)12/h4,12H,3H2,1-2H3,(H,8,9)(H,10,11);3-5,8H,1-2H3,(H,9,10)(H,11,12)/t7-;/m0./s1. The zero-order valence-electron chi connectivity index (χ0n) is 13.8. The molecule has 2 unspecified atom stereocenters. The molecule has 0 saturated carbocycles. The van der Waals surface area contributed by atoms with Gasteiger partial charge in [-0.3, -0.25) is 9.59 Å². The molecule has 0 aliphatic heterocycles. The summed E-state index contributed by atoms with van der Waals surface area (Å²) in [4.78, 5) is 41.4. The van der Waals surface area contributed by atoms with E-state index in [9.17, 15) is 24.3 Å². The van der Waals surface area contributed by atoms with E-state index in [0.717, 1.165) is 0 Å². The Morgan fingerprint density at radius 1 is 0.875 bits per heavy atom. The maximum absolute atomic E-state index is 10.5. The number of aliphatic hydroxyl groups is 2. The van der Waals surface area contributed by atoms with Crippen LogP contribution in [0.2, 0.25) is 0 Å². The number of rotatable bonds is 8. The maximum Gasteiger partial charge on any atom is 0.336 e. The van der Waals surface area contributed by atoms with Crippen LogP contribution in [0.1, 0.15) is 34.1 Å². The van der Waals surface area contributed by atoms with Gasteiger partial charge in [0.1, 0.15) is 0 Å². The lowest BCUT2D eigenvalue weighted by Crippen LogP contribution is -2.45. The summed E-state index contributed by atoms with van der Waals surface area (Å²) in [5.41, 5.74) is -2.16. The second-order valence-electron chi connectivity index (χ2n) is 5.85. The van der Waals surface area contributed by atoms with Gasteiger partial charge in [0.05, 0.1) is 12.3 Å². The van der Waals surface area contributed by atoms with Gasteiger partial charge < -0.3 is 30.6 Å². The third-order valence-corrected chi connectivity index (χ3v) is 3.34. The quantitative estimate of drug-likeness (QED) is 0.339. The molecule has 0 aliphatic rings. The van der Waals surface area contributed by atoms with E-state index >= 15 is 0 Å². The molecule has 0 rings (SSSR count). The Labute approximate surface area is 138 Å². The zero-order chi connectivity index (χ0) is 19.8. The molecule has 0 amide bonds. The summed E-state index contributed by atoms with van der Waals surface area (Å²) < 4.78 is 0. The van der Waals surface area contributed by atoms with Gasteiger partial charge in [0.15, 0.2) is 11.7 Å². The lowest BCUT2D eigenvalue weighted by molar-refractivity contribution is -0.170. The lowest BCUT2D eigenvalue weighted by Gasteiger charge is -2.25. The van der Waals surface area contributed by atoms with Crippen LogP contribution >= 0.6 is 0 Å². The van der Waals surface area contributed by atoms with Crippen LogP contribution in [0.5, 0.6) is 0 Å². The summed E-state index contributed by atoms with van der Waals surface area (Å²) in [6.45, 7) is 6.00. The molecule has 0 bridgehead atoms. The average molecular weight is 352 g/mol. The molecular weight excluding hydrogens is 328 g/mol. The molecule has 0 radical (unpaired) electrons. The molecule has 0 aromatic carbocycles. The average Bonchev–Trinajstić information content (AvgIpc) is 2.36. The van der Waals surface area contributed by atoms with E-state index in [1.54, 1.807) is 13.8 Å². The molecule has 10 nitrogen and oxygen atoms in total. The van der Waals surface area contributed by atoms with Crippen LogP contribution in [0.25, 0.3) is 0 Å². The first-order valence-electron chi connectivity index (χ1n) is 6.99. The van der Waals surface area contributed by atoms with Crippen LogP contribution in [0.15, 0.2) is 0 Å². The molecule has 10 heteroatoms. The maximum atomic E-state index is 10.5. The van der Waals surface area contributed by atoms with Crippen LogP contribution in [-0.4, -0.2) is 66.2 Å². The minimum Gasteiger partial charge on any atom is -0.481 e. The van der Waals surface area contributed by atoms with Crippen molar-refractivity contribution >= 4 is 23.9 Å². The Kier molecular flexibility index (Phi) is 9.85. The monoisotopic (exact) mass is 352 g/mol.